The molecule has 4 heteroatoms. The summed E-state index contributed by atoms with van der Waals surface area (Å²) in [6.45, 7) is 2.18. The van der Waals surface area contributed by atoms with Crippen molar-refractivity contribution in [1.29, 1.82) is 0 Å². The maximum atomic E-state index is 13.1. The van der Waals surface area contributed by atoms with Crippen LogP contribution in [0.15, 0.2) is 28.7 Å². The molecule has 0 radical (unpaired) electrons. The molecule has 1 aromatic carbocycles. The Labute approximate surface area is 110 Å². The first-order valence-electron chi connectivity index (χ1n) is 6.17. The fraction of sp³-hybridized carbons (Fsp3) is 0.429. The molecule has 1 fully saturated rings. The fourth-order valence-corrected chi connectivity index (χ4v) is 3.87. The monoisotopic (exact) mass is 265 g/mol. The first-order valence-corrected chi connectivity index (χ1v) is 7.16. The summed E-state index contributed by atoms with van der Waals surface area (Å²) < 4.78 is 18.9. The third kappa shape index (κ3) is 1.93. The van der Waals surface area contributed by atoms with E-state index in [-0.39, 0.29) is 16.6 Å². The van der Waals surface area contributed by atoms with E-state index >= 15 is 0 Å². The number of halogens is 1. The van der Waals surface area contributed by atoms with Gasteiger partial charge in [-0.25, -0.2) is 4.39 Å². The van der Waals surface area contributed by atoms with Crippen LogP contribution in [0.5, 0.6) is 0 Å². The van der Waals surface area contributed by atoms with Crippen LogP contribution >= 0.6 is 11.8 Å². The number of benzene rings is 1. The molecule has 2 N–H and O–H groups in total. The Bertz CT molecular complexity index is 574. The number of hydrogen-bond acceptors (Lipinski definition) is 3. The highest BCUT2D eigenvalue weighted by Crippen LogP contribution is 2.46. The van der Waals surface area contributed by atoms with Crippen molar-refractivity contribution in [2.75, 3.05) is 5.75 Å². The third-order valence-corrected chi connectivity index (χ3v) is 5.32. The summed E-state index contributed by atoms with van der Waals surface area (Å²) in [6.07, 6.45) is 2.30. The van der Waals surface area contributed by atoms with Gasteiger partial charge in [0.2, 0.25) is 0 Å². The van der Waals surface area contributed by atoms with Crippen LogP contribution in [-0.2, 0) is 0 Å². The molecule has 0 aliphatic carbocycles. The lowest BCUT2D eigenvalue weighted by atomic mass is 9.95. The van der Waals surface area contributed by atoms with Crippen molar-refractivity contribution >= 4 is 22.7 Å². The van der Waals surface area contributed by atoms with Gasteiger partial charge >= 0.3 is 0 Å². The van der Waals surface area contributed by atoms with Crippen molar-refractivity contribution in [3.05, 3.63) is 35.8 Å². The molecule has 1 saturated heterocycles. The average molecular weight is 265 g/mol. The molecule has 0 bridgehead atoms. The van der Waals surface area contributed by atoms with Crippen LogP contribution in [0.2, 0.25) is 0 Å². The standard InChI is InChI=1S/C14H16FNOS/c1-14(5-2-6-18-14)13(16)12-8-9-7-10(15)3-4-11(9)17-12/h3-4,7-8,13H,2,5-6,16H2,1H3. The van der Waals surface area contributed by atoms with Gasteiger partial charge in [-0.2, -0.15) is 11.8 Å². The maximum absolute atomic E-state index is 13.1. The predicted octanol–water partition coefficient (Wildman–Crippen LogP) is 3.86. The molecule has 1 aliphatic heterocycles. The predicted molar refractivity (Wildman–Crippen MR) is 73.2 cm³/mol. The van der Waals surface area contributed by atoms with Gasteiger partial charge in [0, 0.05) is 10.1 Å². The van der Waals surface area contributed by atoms with E-state index in [0.29, 0.717) is 5.58 Å². The minimum absolute atomic E-state index is 0.0341. The largest absolute Gasteiger partial charge is 0.459 e. The molecule has 1 aliphatic rings. The Balaban J connectivity index is 1.98. The van der Waals surface area contributed by atoms with Gasteiger partial charge in [0.05, 0.1) is 6.04 Å². The minimum atomic E-state index is -0.245. The maximum Gasteiger partial charge on any atom is 0.134 e. The van der Waals surface area contributed by atoms with Gasteiger partial charge in [-0.15, -0.1) is 0 Å². The highest BCUT2D eigenvalue weighted by Gasteiger charge is 2.38. The van der Waals surface area contributed by atoms with E-state index in [0.717, 1.165) is 23.3 Å². The lowest BCUT2D eigenvalue weighted by Crippen LogP contribution is -2.32. The van der Waals surface area contributed by atoms with Crippen molar-refractivity contribution in [2.45, 2.75) is 30.6 Å². The fourth-order valence-electron chi connectivity index (χ4n) is 2.53. The number of hydrogen-bond donors (Lipinski definition) is 1. The quantitative estimate of drug-likeness (QED) is 0.896. The lowest BCUT2D eigenvalue weighted by Gasteiger charge is -2.28. The highest BCUT2D eigenvalue weighted by atomic mass is 32.2. The molecule has 2 aromatic rings. The Kier molecular flexibility index (Phi) is 2.87. The highest BCUT2D eigenvalue weighted by molar-refractivity contribution is 8.00. The van der Waals surface area contributed by atoms with Gasteiger partial charge in [-0.1, -0.05) is 0 Å². The summed E-state index contributed by atoms with van der Waals surface area (Å²) in [5, 5.41) is 0.784. The van der Waals surface area contributed by atoms with E-state index in [1.54, 1.807) is 6.07 Å². The van der Waals surface area contributed by atoms with Gasteiger partial charge in [-0.05, 0) is 49.8 Å². The second-order valence-electron chi connectivity index (χ2n) is 5.07. The molecule has 1 aromatic heterocycles. The molecule has 2 nitrogen and oxygen atoms in total. The van der Waals surface area contributed by atoms with Gasteiger partial charge in [0.1, 0.15) is 17.2 Å². The van der Waals surface area contributed by atoms with Gasteiger partial charge in [-0.3, -0.25) is 0 Å². The third-order valence-electron chi connectivity index (χ3n) is 3.71. The molecule has 2 unspecified atom stereocenters. The van der Waals surface area contributed by atoms with Crippen LogP contribution in [0.1, 0.15) is 31.6 Å². The van der Waals surface area contributed by atoms with Crippen LogP contribution < -0.4 is 5.73 Å². The molecular weight excluding hydrogens is 249 g/mol. The lowest BCUT2D eigenvalue weighted by molar-refractivity contribution is 0.418. The molecular formula is C14H16FNOS. The van der Waals surface area contributed by atoms with Crippen molar-refractivity contribution in [3.63, 3.8) is 0 Å². The van der Waals surface area contributed by atoms with Crippen LogP contribution in [0, 0.1) is 5.82 Å². The molecule has 0 amide bonds. The second-order valence-corrected chi connectivity index (χ2v) is 6.70. The Morgan fingerprint density at radius 2 is 2.28 bits per heavy atom. The summed E-state index contributed by atoms with van der Waals surface area (Å²) in [6, 6.07) is 6.28. The van der Waals surface area contributed by atoms with E-state index in [9.17, 15) is 4.39 Å². The van der Waals surface area contributed by atoms with Gasteiger partial charge in [0.15, 0.2) is 0 Å². The van der Waals surface area contributed by atoms with E-state index in [1.807, 2.05) is 17.8 Å². The normalized spacial score (nSPS) is 25.7. The van der Waals surface area contributed by atoms with Crippen LogP contribution in [0.3, 0.4) is 0 Å². The molecule has 2 heterocycles. The zero-order chi connectivity index (χ0) is 12.8. The number of thioether (sulfide) groups is 1. The zero-order valence-corrected chi connectivity index (χ0v) is 11.1. The van der Waals surface area contributed by atoms with Crippen molar-refractivity contribution < 1.29 is 8.81 Å². The van der Waals surface area contributed by atoms with Gasteiger partial charge in [0.25, 0.3) is 0 Å². The smallest absolute Gasteiger partial charge is 0.134 e. The van der Waals surface area contributed by atoms with Crippen LogP contribution in [0.25, 0.3) is 11.0 Å². The molecule has 0 saturated carbocycles. The van der Waals surface area contributed by atoms with Crippen LogP contribution in [0.4, 0.5) is 4.39 Å². The second kappa shape index (κ2) is 4.28. The average Bonchev–Trinajstić information content (AvgIpc) is 2.94. The molecule has 18 heavy (non-hydrogen) atoms. The summed E-state index contributed by atoms with van der Waals surface area (Å²) in [5.41, 5.74) is 7.03. The van der Waals surface area contributed by atoms with Crippen molar-refractivity contribution in [2.24, 2.45) is 5.73 Å². The first kappa shape index (κ1) is 12.1. The van der Waals surface area contributed by atoms with E-state index in [2.05, 4.69) is 6.92 Å². The SMILES string of the molecule is CC1(C(N)c2cc3cc(F)ccc3o2)CCCS1. The molecule has 96 valence electrons. The Morgan fingerprint density at radius 1 is 1.44 bits per heavy atom. The Morgan fingerprint density at radius 3 is 3.00 bits per heavy atom. The number of furan rings is 1. The first-order chi connectivity index (χ1) is 8.58. The van der Waals surface area contributed by atoms with E-state index in [1.165, 1.54) is 18.6 Å². The van der Waals surface area contributed by atoms with E-state index in [4.69, 9.17) is 10.2 Å². The van der Waals surface area contributed by atoms with Crippen LogP contribution in [-0.4, -0.2) is 10.5 Å². The number of nitrogens with two attached hydrogens (primary N) is 1. The number of rotatable bonds is 2. The van der Waals surface area contributed by atoms with Crippen molar-refractivity contribution in [3.8, 4) is 0 Å². The number of fused-ring (bicyclic) bond motifs is 1. The summed E-state index contributed by atoms with van der Waals surface area (Å²) in [4.78, 5) is 0. The summed E-state index contributed by atoms with van der Waals surface area (Å²) in [7, 11) is 0. The molecule has 2 atom stereocenters. The topological polar surface area (TPSA) is 39.2 Å². The minimum Gasteiger partial charge on any atom is -0.459 e. The van der Waals surface area contributed by atoms with Crippen molar-refractivity contribution in [1.82, 2.24) is 0 Å². The summed E-state index contributed by atoms with van der Waals surface area (Å²) >= 11 is 1.90. The zero-order valence-electron chi connectivity index (χ0n) is 10.3. The van der Waals surface area contributed by atoms with E-state index < -0.39 is 0 Å². The Hall–Kier alpha value is -1.000. The van der Waals surface area contributed by atoms with Gasteiger partial charge < -0.3 is 10.2 Å². The molecule has 3 rings (SSSR count). The summed E-state index contributed by atoms with van der Waals surface area (Å²) in [5.74, 6) is 1.66. The molecule has 0 spiro atoms.